The van der Waals surface area contributed by atoms with Gasteiger partial charge < -0.3 is 13.9 Å². The summed E-state index contributed by atoms with van der Waals surface area (Å²) in [5.74, 6) is -0.0179. The fraction of sp³-hybridized carbons (Fsp3) is 0.789. The molecule has 25 heavy (non-hydrogen) atoms. The molecule has 0 bridgehead atoms. The molecule has 0 saturated heterocycles. The van der Waals surface area contributed by atoms with Crippen LogP contribution in [-0.2, 0) is 18.7 Å². The van der Waals surface area contributed by atoms with Gasteiger partial charge in [0.25, 0.3) is 0 Å². The van der Waals surface area contributed by atoms with Crippen molar-refractivity contribution in [3.63, 3.8) is 0 Å². The standard InChI is InChI=1S/C19H36O5Si/c1-8-17(20)16(7)18(24-25(10-3,11-4)12-5)15(6)13-14-23-19(21)22-9-2/h13,16,18H,8-12,14H2,1-7H3/b15-13+/t16-,18-/m0/s1. The van der Waals surface area contributed by atoms with Crippen molar-refractivity contribution in [2.24, 2.45) is 5.92 Å². The molecule has 0 amide bonds. The Kier molecular flexibility index (Phi) is 11.7. The van der Waals surface area contributed by atoms with Gasteiger partial charge in [0, 0.05) is 12.3 Å². The highest BCUT2D eigenvalue weighted by atomic mass is 28.4. The lowest BCUT2D eigenvalue weighted by molar-refractivity contribution is -0.124. The van der Waals surface area contributed by atoms with Crippen LogP contribution in [0, 0.1) is 5.92 Å². The van der Waals surface area contributed by atoms with E-state index in [1.165, 1.54) is 0 Å². The number of hydrogen-bond donors (Lipinski definition) is 0. The van der Waals surface area contributed by atoms with Crippen LogP contribution in [0.25, 0.3) is 0 Å². The second kappa shape index (κ2) is 12.2. The Labute approximate surface area is 154 Å². The second-order valence-corrected chi connectivity index (χ2v) is 11.1. The van der Waals surface area contributed by atoms with Gasteiger partial charge in [-0.25, -0.2) is 4.79 Å². The van der Waals surface area contributed by atoms with E-state index >= 15 is 0 Å². The lowest BCUT2D eigenvalue weighted by atomic mass is 9.93. The van der Waals surface area contributed by atoms with Crippen molar-refractivity contribution in [1.29, 1.82) is 0 Å². The molecule has 0 unspecified atom stereocenters. The summed E-state index contributed by atoms with van der Waals surface area (Å²) in [6.45, 7) is 14.4. The van der Waals surface area contributed by atoms with Crippen molar-refractivity contribution < 1.29 is 23.5 Å². The highest BCUT2D eigenvalue weighted by Gasteiger charge is 2.36. The summed E-state index contributed by atoms with van der Waals surface area (Å²) in [7, 11) is -1.86. The van der Waals surface area contributed by atoms with Gasteiger partial charge in [0.1, 0.15) is 12.4 Å². The monoisotopic (exact) mass is 372 g/mol. The minimum absolute atomic E-state index is 0.122. The van der Waals surface area contributed by atoms with Crippen LogP contribution in [0.2, 0.25) is 18.1 Å². The van der Waals surface area contributed by atoms with Crippen molar-refractivity contribution in [1.82, 2.24) is 0 Å². The molecule has 2 atom stereocenters. The van der Waals surface area contributed by atoms with Crippen LogP contribution in [0.4, 0.5) is 4.79 Å². The number of hydrogen-bond acceptors (Lipinski definition) is 5. The Hall–Kier alpha value is -1.14. The molecule has 0 fully saturated rings. The number of carbonyl (C=O) groups is 2. The summed E-state index contributed by atoms with van der Waals surface area (Å²) in [5.41, 5.74) is 0.936. The smallest absolute Gasteiger partial charge is 0.435 e. The van der Waals surface area contributed by atoms with Crippen molar-refractivity contribution in [3.05, 3.63) is 11.6 Å². The lowest BCUT2D eigenvalue weighted by Gasteiger charge is -2.36. The first-order valence-electron chi connectivity index (χ1n) is 9.47. The van der Waals surface area contributed by atoms with E-state index in [0.717, 1.165) is 23.7 Å². The maximum Gasteiger partial charge on any atom is 0.508 e. The SMILES string of the molecule is CCOC(=O)OC/C=C(\C)[C@H](O[Si](CC)(CC)CC)[C@@H](C)C(=O)CC. The number of ether oxygens (including phenoxy) is 2. The third-order valence-corrected chi connectivity index (χ3v) is 9.56. The Bertz CT molecular complexity index is 435. The third-order valence-electron chi connectivity index (χ3n) is 4.94. The van der Waals surface area contributed by atoms with E-state index in [1.807, 2.05) is 26.8 Å². The topological polar surface area (TPSA) is 61.8 Å². The molecule has 5 nitrogen and oxygen atoms in total. The fourth-order valence-corrected chi connectivity index (χ4v) is 5.80. The van der Waals surface area contributed by atoms with Gasteiger partial charge >= 0.3 is 6.16 Å². The van der Waals surface area contributed by atoms with Crippen molar-refractivity contribution in [3.8, 4) is 0 Å². The van der Waals surface area contributed by atoms with Crippen LogP contribution in [0.15, 0.2) is 11.6 Å². The highest BCUT2D eigenvalue weighted by molar-refractivity contribution is 6.73. The first kappa shape index (κ1) is 23.9. The van der Waals surface area contributed by atoms with E-state index in [-0.39, 0.29) is 31.0 Å². The molecule has 0 rings (SSSR count). The van der Waals surface area contributed by atoms with Crippen LogP contribution in [0.5, 0.6) is 0 Å². The molecule has 0 aromatic carbocycles. The van der Waals surface area contributed by atoms with Crippen molar-refractivity contribution in [2.45, 2.75) is 79.1 Å². The molecule has 0 aliphatic rings. The van der Waals surface area contributed by atoms with Gasteiger partial charge in [0.2, 0.25) is 0 Å². The molecule has 0 saturated carbocycles. The van der Waals surface area contributed by atoms with Gasteiger partial charge in [-0.2, -0.15) is 0 Å². The minimum atomic E-state index is -1.86. The van der Waals surface area contributed by atoms with Gasteiger partial charge in [-0.1, -0.05) is 34.6 Å². The molecular formula is C19H36O5Si. The minimum Gasteiger partial charge on any atom is -0.435 e. The van der Waals surface area contributed by atoms with E-state index in [9.17, 15) is 9.59 Å². The fourth-order valence-electron chi connectivity index (χ4n) is 2.87. The molecule has 0 N–H and O–H groups in total. The largest absolute Gasteiger partial charge is 0.508 e. The van der Waals surface area contributed by atoms with E-state index in [4.69, 9.17) is 13.9 Å². The summed E-state index contributed by atoms with van der Waals surface area (Å²) >= 11 is 0. The number of Topliss-reactive ketones (excluding diaryl/α,β-unsaturated/α-hetero) is 1. The summed E-state index contributed by atoms with van der Waals surface area (Å²) in [6, 6.07) is 3.07. The van der Waals surface area contributed by atoms with E-state index in [1.54, 1.807) is 6.92 Å². The summed E-state index contributed by atoms with van der Waals surface area (Å²) in [4.78, 5) is 23.6. The Morgan fingerprint density at radius 2 is 1.56 bits per heavy atom. The Morgan fingerprint density at radius 3 is 2.00 bits per heavy atom. The zero-order valence-corrected chi connectivity index (χ0v) is 18.0. The van der Waals surface area contributed by atoms with Crippen molar-refractivity contribution in [2.75, 3.05) is 13.2 Å². The quantitative estimate of drug-likeness (QED) is 0.270. The molecule has 0 aliphatic carbocycles. The number of carbonyl (C=O) groups excluding carboxylic acids is 2. The average Bonchev–Trinajstić information content (AvgIpc) is 2.62. The molecule has 0 aromatic heterocycles. The lowest BCUT2D eigenvalue weighted by Crippen LogP contribution is -2.44. The maximum atomic E-state index is 12.3. The number of ketones is 1. The molecule has 0 aliphatic heterocycles. The van der Waals surface area contributed by atoms with Gasteiger partial charge in [-0.05, 0) is 43.6 Å². The van der Waals surface area contributed by atoms with Gasteiger partial charge in [0.05, 0.1) is 12.7 Å². The second-order valence-electron chi connectivity index (χ2n) is 6.33. The van der Waals surface area contributed by atoms with Crippen LogP contribution in [0.3, 0.4) is 0 Å². The molecule has 0 heterocycles. The third kappa shape index (κ3) is 7.73. The summed E-state index contributed by atoms with van der Waals surface area (Å²) in [6.07, 6.45) is 1.37. The molecule has 146 valence electrons. The Morgan fingerprint density at radius 1 is 1.00 bits per heavy atom. The zero-order valence-electron chi connectivity index (χ0n) is 17.0. The molecule has 0 spiro atoms. The highest BCUT2D eigenvalue weighted by Crippen LogP contribution is 2.29. The average molecular weight is 373 g/mol. The van der Waals surface area contributed by atoms with E-state index in [2.05, 4.69) is 20.8 Å². The van der Waals surface area contributed by atoms with Gasteiger partial charge in [0.15, 0.2) is 8.32 Å². The van der Waals surface area contributed by atoms with Crippen molar-refractivity contribution >= 4 is 20.3 Å². The first-order chi connectivity index (χ1) is 11.8. The van der Waals surface area contributed by atoms with Crippen LogP contribution >= 0.6 is 0 Å². The summed E-state index contributed by atoms with van der Waals surface area (Å²) in [5, 5.41) is 0. The molecule has 0 radical (unpaired) electrons. The Balaban J connectivity index is 5.29. The molecular weight excluding hydrogens is 336 g/mol. The van der Waals surface area contributed by atoms with Crippen LogP contribution in [0.1, 0.15) is 54.9 Å². The normalized spacial score (nSPS) is 14.8. The molecule has 6 heteroatoms. The number of rotatable bonds is 12. The predicted molar refractivity (Wildman–Crippen MR) is 103 cm³/mol. The van der Waals surface area contributed by atoms with E-state index < -0.39 is 14.5 Å². The van der Waals surface area contributed by atoms with E-state index in [0.29, 0.717) is 6.42 Å². The van der Waals surface area contributed by atoms with Gasteiger partial charge in [-0.15, -0.1) is 0 Å². The summed E-state index contributed by atoms with van der Waals surface area (Å²) < 4.78 is 16.4. The first-order valence-corrected chi connectivity index (χ1v) is 12.0. The van der Waals surface area contributed by atoms with Crippen LogP contribution < -0.4 is 0 Å². The van der Waals surface area contributed by atoms with Crippen LogP contribution in [-0.4, -0.2) is 39.6 Å². The zero-order chi connectivity index (χ0) is 19.5. The van der Waals surface area contributed by atoms with Gasteiger partial charge in [-0.3, -0.25) is 4.79 Å². The molecule has 0 aromatic rings. The maximum absolute atomic E-state index is 12.3. The predicted octanol–water partition coefficient (Wildman–Crippen LogP) is 5.11.